The zero-order chi connectivity index (χ0) is 13.3. The van der Waals surface area contributed by atoms with Gasteiger partial charge in [-0.15, -0.1) is 0 Å². The van der Waals surface area contributed by atoms with Crippen molar-refractivity contribution in [2.24, 2.45) is 0 Å². The van der Waals surface area contributed by atoms with Gasteiger partial charge in [0.15, 0.2) is 5.78 Å². The lowest BCUT2D eigenvalue weighted by atomic mass is 10.0. The van der Waals surface area contributed by atoms with Crippen molar-refractivity contribution in [3.05, 3.63) is 47.5 Å². The van der Waals surface area contributed by atoms with Gasteiger partial charge in [-0.2, -0.15) is 5.10 Å². The first-order valence-electron chi connectivity index (χ1n) is 5.85. The Morgan fingerprint density at radius 2 is 1.89 bits per heavy atom. The summed E-state index contributed by atoms with van der Waals surface area (Å²) in [6.07, 6.45) is 1.57. The van der Waals surface area contributed by atoms with Crippen LogP contribution in [0.25, 0.3) is 5.69 Å². The topological polar surface area (TPSA) is 34.9 Å². The molecule has 0 unspecified atom stereocenters. The second-order valence-electron chi connectivity index (χ2n) is 4.54. The summed E-state index contributed by atoms with van der Waals surface area (Å²) in [6, 6.07) is 6.07. The maximum Gasteiger partial charge on any atom is 0.163 e. The number of halogens is 1. The summed E-state index contributed by atoms with van der Waals surface area (Å²) in [5, 5.41) is 4.23. The molecule has 0 amide bonds. The van der Waals surface area contributed by atoms with E-state index in [1.54, 1.807) is 23.0 Å². The van der Waals surface area contributed by atoms with Crippen molar-refractivity contribution in [1.29, 1.82) is 0 Å². The molecule has 0 aliphatic rings. The molecule has 0 radical (unpaired) electrons. The van der Waals surface area contributed by atoms with Crippen LogP contribution in [0.4, 0.5) is 4.39 Å². The molecule has 0 N–H and O–H groups in total. The number of aromatic nitrogens is 2. The molecule has 0 atom stereocenters. The number of carbonyl (C=O) groups excluding carboxylic acids is 1. The SMILES string of the molecule is CC(=O)c1cnn(-c2ccc(F)cc2)c1C(C)C. The van der Waals surface area contributed by atoms with Crippen LogP contribution in [-0.2, 0) is 0 Å². The van der Waals surface area contributed by atoms with Gasteiger partial charge < -0.3 is 0 Å². The van der Waals surface area contributed by atoms with Crippen molar-refractivity contribution >= 4 is 5.78 Å². The van der Waals surface area contributed by atoms with E-state index in [1.165, 1.54) is 19.1 Å². The summed E-state index contributed by atoms with van der Waals surface area (Å²) in [4.78, 5) is 11.6. The fraction of sp³-hybridized carbons (Fsp3) is 0.286. The Labute approximate surface area is 105 Å². The molecular weight excluding hydrogens is 231 g/mol. The molecule has 0 aliphatic heterocycles. The van der Waals surface area contributed by atoms with Crippen LogP contribution in [-0.4, -0.2) is 15.6 Å². The largest absolute Gasteiger partial charge is 0.294 e. The van der Waals surface area contributed by atoms with Gasteiger partial charge in [0.1, 0.15) is 5.82 Å². The van der Waals surface area contributed by atoms with Crippen molar-refractivity contribution in [1.82, 2.24) is 9.78 Å². The number of nitrogens with zero attached hydrogens (tertiary/aromatic N) is 2. The molecule has 0 saturated heterocycles. The first-order valence-corrected chi connectivity index (χ1v) is 5.85. The number of hydrogen-bond donors (Lipinski definition) is 0. The van der Waals surface area contributed by atoms with Crippen LogP contribution >= 0.6 is 0 Å². The first kappa shape index (κ1) is 12.5. The third-order valence-corrected chi connectivity index (χ3v) is 2.80. The van der Waals surface area contributed by atoms with E-state index in [1.807, 2.05) is 13.8 Å². The molecule has 1 heterocycles. The Morgan fingerprint density at radius 3 is 2.39 bits per heavy atom. The number of hydrogen-bond acceptors (Lipinski definition) is 2. The van der Waals surface area contributed by atoms with E-state index >= 15 is 0 Å². The van der Waals surface area contributed by atoms with Gasteiger partial charge in [0, 0.05) is 0 Å². The molecule has 0 saturated carbocycles. The molecule has 3 nitrogen and oxygen atoms in total. The molecule has 94 valence electrons. The van der Waals surface area contributed by atoms with Gasteiger partial charge >= 0.3 is 0 Å². The van der Waals surface area contributed by atoms with E-state index in [0.29, 0.717) is 5.56 Å². The fourth-order valence-electron chi connectivity index (χ4n) is 1.97. The normalized spacial score (nSPS) is 10.9. The van der Waals surface area contributed by atoms with Gasteiger partial charge in [0.2, 0.25) is 0 Å². The highest BCUT2D eigenvalue weighted by Gasteiger charge is 2.18. The molecule has 0 fully saturated rings. The summed E-state index contributed by atoms with van der Waals surface area (Å²) in [5.74, 6) is -0.132. The third-order valence-electron chi connectivity index (χ3n) is 2.80. The Kier molecular flexibility index (Phi) is 3.28. The monoisotopic (exact) mass is 246 g/mol. The van der Waals surface area contributed by atoms with Crippen LogP contribution in [0.15, 0.2) is 30.5 Å². The van der Waals surface area contributed by atoms with Crippen LogP contribution < -0.4 is 0 Å². The van der Waals surface area contributed by atoms with Gasteiger partial charge in [-0.25, -0.2) is 9.07 Å². The first-order chi connectivity index (χ1) is 8.50. The minimum absolute atomic E-state index is 0.00735. The van der Waals surface area contributed by atoms with Gasteiger partial charge in [0.25, 0.3) is 0 Å². The molecule has 2 rings (SSSR count). The highest BCUT2D eigenvalue weighted by molar-refractivity contribution is 5.95. The van der Waals surface area contributed by atoms with Crippen LogP contribution in [0, 0.1) is 5.82 Å². The lowest BCUT2D eigenvalue weighted by Crippen LogP contribution is -2.07. The van der Waals surface area contributed by atoms with E-state index in [2.05, 4.69) is 5.10 Å². The molecule has 18 heavy (non-hydrogen) atoms. The third kappa shape index (κ3) is 2.18. The van der Waals surface area contributed by atoms with Crippen LogP contribution in [0.3, 0.4) is 0 Å². The van der Waals surface area contributed by atoms with Crippen molar-refractivity contribution in [2.45, 2.75) is 26.7 Å². The Hall–Kier alpha value is -1.97. The molecule has 0 bridgehead atoms. The molecule has 1 aromatic heterocycles. The minimum Gasteiger partial charge on any atom is -0.294 e. The summed E-state index contributed by atoms with van der Waals surface area (Å²) >= 11 is 0. The van der Waals surface area contributed by atoms with Crippen molar-refractivity contribution in [3.8, 4) is 5.69 Å². The average molecular weight is 246 g/mol. The van der Waals surface area contributed by atoms with E-state index in [4.69, 9.17) is 0 Å². The second-order valence-corrected chi connectivity index (χ2v) is 4.54. The van der Waals surface area contributed by atoms with Crippen LogP contribution in [0.5, 0.6) is 0 Å². The minimum atomic E-state index is -0.288. The van der Waals surface area contributed by atoms with Crippen molar-refractivity contribution in [2.75, 3.05) is 0 Å². The Morgan fingerprint density at radius 1 is 1.28 bits per heavy atom. The zero-order valence-electron chi connectivity index (χ0n) is 10.6. The number of benzene rings is 1. The predicted octanol–water partition coefficient (Wildman–Crippen LogP) is 3.34. The van der Waals surface area contributed by atoms with Crippen molar-refractivity contribution < 1.29 is 9.18 Å². The molecule has 4 heteroatoms. The summed E-state index contributed by atoms with van der Waals surface area (Å²) in [7, 11) is 0. The molecule has 0 spiro atoms. The fourth-order valence-corrected chi connectivity index (χ4v) is 1.97. The Balaban J connectivity index is 2.57. The second kappa shape index (κ2) is 4.72. The number of Topliss-reactive ketones (excluding diaryl/α,β-unsaturated/α-hetero) is 1. The summed E-state index contributed by atoms with van der Waals surface area (Å²) < 4.78 is 14.6. The molecule has 0 aliphatic carbocycles. The maximum atomic E-state index is 12.9. The van der Waals surface area contributed by atoms with Gasteiger partial charge in [-0.05, 0) is 37.1 Å². The maximum absolute atomic E-state index is 12.9. The standard InChI is InChI=1S/C14H15FN2O/c1-9(2)14-13(10(3)18)8-16-17(14)12-6-4-11(15)5-7-12/h4-9H,1-3H3. The highest BCUT2D eigenvalue weighted by atomic mass is 19.1. The predicted molar refractivity (Wildman–Crippen MR) is 67.6 cm³/mol. The van der Waals surface area contributed by atoms with Gasteiger partial charge in [-0.3, -0.25) is 4.79 Å². The summed E-state index contributed by atoms with van der Waals surface area (Å²) in [6.45, 7) is 5.53. The molecule has 2 aromatic rings. The lowest BCUT2D eigenvalue weighted by molar-refractivity contribution is 0.101. The van der Waals surface area contributed by atoms with Crippen LogP contribution in [0.2, 0.25) is 0 Å². The van der Waals surface area contributed by atoms with E-state index < -0.39 is 0 Å². The Bertz CT molecular complexity index is 570. The lowest BCUT2D eigenvalue weighted by Gasteiger charge is -2.11. The van der Waals surface area contributed by atoms with E-state index in [-0.39, 0.29) is 17.5 Å². The molecule has 1 aromatic carbocycles. The van der Waals surface area contributed by atoms with Crippen LogP contribution in [0.1, 0.15) is 42.7 Å². The summed E-state index contributed by atoms with van der Waals surface area (Å²) in [5.41, 5.74) is 2.23. The number of ketones is 1. The highest BCUT2D eigenvalue weighted by Crippen LogP contribution is 2.23. The smallest absolute Gasteiger partial charge is 0.163 e. The van der Waals surface area contributed by atoms with E-state index in [0.717, 1.165) is 11.4 Å². The van der Waals surface area contributed by atoms with Gasteiger partial charge in [-0.1, -0.05) is 13.8 Å². The molecular formula is C14H15FN2O. The zero-order valence-corrected chi connectivity index (χ0v) is 10.6. The average Bonchev–Trinajstić information content (AvgIpc) is 2.74. The van der Waals surface area contributed by atoms with Crippen molar-refractivity contribution in [3.63, 3.8) is 0 Å². The quantitative estimate of drug-likeness (QED) is 0.778. The number of rotatable bonds is 3. The van der Waals surface area contributed by atoms with Gasteiger partial charge in [0.05, 0.1) is 23.1 Å². The number of carbonyl (C=O) groups is 1. The van der Waals surface area contributed by atoms with E-state index in [9.17, 15) is 9.18 Å².